The summed E-state index contributed by atoms with van der Waals surface area (Å²) in [6, 6.07) is 0. The molecule has 0 atom stereocenters. The third-order valence-corrected chi connectivity index (χ3v) is 4.75. The second-order valence-electron chi connectivity index (χ2n) is 4.03. The summed E-state index contributed by atoms with van der Waals surface area (Å²) in [5.74, 6) is 1.67. The van der Waals surface area contributed by atoms with Crippen molar-refractivity contribution in [2.75, 3.05) is 21.1 Å². The first-order valence-electron chi connectivity index (χ1n) is 7.12. The van der Waals surface area contributed by atoms with Crippen molar-refractivity contribution in [3.8, 4) is 0 Å². The minimum Gasteiger partial charge on any atom is -0.468 e. The molecule has 0 saturated carbocycles. The smallest absolute Gasteiger partial charge is 0.468 e. The molecular weight excluding hydrogens is 286 g/mol. The molecule has 0 bridgehead atoms. The zero-order chi connectivity index (χ0) is 16.3. The largest absolute Gasteiger partial charge is 0.731 e. The number of rotatable bonds is 7. The normalized spacial score (nSPS) is 16.2. The van der Waals surface area contributed by atoms with Crippen LogP contribution < -0.4 is 0 Å². The number of hydrogen-bond donors (Lipinski definition) is 0. The highest BCUT2D eigenvalue weighted by molar-refractivity contribution is 6.70. The molecule has 0 rings (SSSR count). The van der Waals surface area contributed by atoms with Gasteiger partial charge in [0, 0.05) is 46.1 Å². The van der Waals surface area contributed by atoms with Gasteiger partial charge in [-0.15, -0.1) is 0 Å². The van der Waals surface area contributed by atoms with E-state index in [1.54, 1.807) is 26.8 Å². The number of nitrogens with zero attached hydrogens (tertiary/aromatic N) is 3. The van der Waals surface area contributed by atoms with Crippen molar-refractivity contribution >= 4 is 26.5 Å². The maximum Gasteiger partial charge on any atom is 0.731 e. The molecule has 0 aliphatic rings. The summed E-state index contributed by atoms with van der Waals surface area (Å²) in [5.41, 5.74) is 1.58. The SMILES string of the molecule is C=C[Si](OC(CC)=NC)(OC(CC)=NC)OC(CC)=NC. The van der Waals surface area contributed by atoms with Gasteiger partial charge in [0.05, 0.1) is 0 Å². The fraction of sp³-hybridized carbons (Fsp3) is 0.643. The molecule has 0 aromatic heterocycles. The van der Waals surface area contributed by atoms with E-state index in [1.165, 1.54) is 0 Å². The molecule has 0 aromatic rings. The highest BCUT2D eigenvalue weighted by atomic mass is 28.4. The van der Waals surface area contributed by atoms with Crippen LogP contribution in [-0.4, -0.2) is 47.6 Å². The molecule has 0 radical (unpaired) electrons. The summed E-state index contributed by atoms with van der Waals surface area (Å²) in [5, 5.41) is 0. The minimum absolute atomic E-state index is 0.555. The molecule has 120 valence electrons. The molecule has 21 heavy (non-hydrogen) atoms. The summed E-state index contributed by atoms with van der Waals surface area (Å²) in [7, 11) is 1.80. The second kappa shape index (κ2) is 10.1. The molecule has 0 heterocycles. The van der Waals surface area contributed by atoms with E-state index in [4.69, 9.17) is 13.3 Å². The van der Waals surface area contributed by atoms with E-state index >= 15 is 0 Å². The topological polar surface area (TPSA) is 64.8 Å². The van der Waals surface area contributed by atoms with Crippen molar-refractivity contribution in [2.24, 2.45) is 15.0 Å². The summed E-state index contributed by atoms with van der Waals surface area (Å²) in [4.78, 5) is 12.3. The highest BCUT2D eigenvalue weighted by Crippen LogP contribution is 2.16. The van der Waals surface area contributed by atoms with Crippen LogP contribution in [0.1, 0.15) is 40.0 Å². The Bertz CT molecular complexity index is 365. The second-order valence-corrected chi connectivity index (χ2v) is 6.25. The van der Waals surface area contributed by atoms with Gasteiger partial charge in [0.25, 0.3) is 0 Å². The fourth-order valence-electron chi connectivity index (χ4n) is 1.51. The van der Waals surface area contributed by atoms with Crippen molar-refractivity contribution in [1.29, 1.82) is 0 Å². The van der Waals surface area contributed by atoms with Gasteiger partial charge in [-0.2, -0.15) is 0 Å². The lowest BCUT2D eigenvalue weighted by Crippen LogP contribution is -2.48. The van der Waals surface area contributed by atoms with Gasteiger partial charge < -0.3 is 13.3 Å². The van der Waals surface area contributed by atoms with Crippen LogP contribution >= 0.6 is 0 Å². The molecule has 0 N–H and O–H groups in total. The van der Waals surface area contributed by atoms with E-state index in [0.717, 1.165) is 0 Å². The van der Waals surface area contributed by atoms with E-state index in [1.807, 2.05) is 20.8 Å². The van der Waals surface area contributed by atoms with Crippen LogP contribution in [0, 0.1) is 0 Å². The maximum atomic E-state index is 5.92. The Morgan fingerprint density at radius 2 is 1.10 bits per heavy atom. The molecule has 0 saturated heterocycles. The van der Waals surface area contributed by atoms with Crippen molar-refractivity contribution in [3.05, 3.63) is 12.3 Å². The van der Waals surface area contributed by atoms with Crippen LogP contribution in [0.15, 0.2) is 27.3 Å². The predicted molar refractivity (Wildman–Crippen MR) is 90.2 cm³/mol. The van der Waals surface area contributed by atoms with Gasteiger partial charge in [-0.25, -0.2) is 0 Å². The monoisotopic (exact) mass is 313 g/mol. The zero-order valence-corrected chi connectivity index (χ0v) is 15.0. The van der Waals surface area contributed by atoms with Gasteiger partial charge in [-0.05, 0) is 0 Å². The lowest BCUT2D eigenvalue weighted by Gasteiger charge is -2.28. The van der Waals surface area contributed by atoms with Crippen LogP contribution in [0.4, 0.5) is 0 Å². The van der Waals surface area contributed by atoms with Crippen LogP contribution in [0.25, 0.3) is 0 Å². The lowest BCUT2D eigenvalue weighted by molar-refractivity contribution is 0.253. The molecule has 0 aliphatic heterocycles. The average Bonchev–Trinajstić information content (AvgIpc) is 2.54. The van der Waals surface area contributed by atoms with E-state index in [0.29, 0.717) is 37.0 Å². The molecule has 0 amide bonds. The Labute approximate surface area is 129 Å². The van der Waals surface area contributed by atoms with Crippen molar-refractivity contribution in [1.82, 2.24) is 0 Å². The summed E-state index contributed by atoms with van der Waals surface area (Å²) < 4.78 is 17.8. The van der Waals surface area contributed by atoms with Gasteiger partial charge in [-0.1, -0.05) is 27.4 Å². The molecule has 0 unspecified atom stereocenters. The summed E-state index contributed by atoms with van der Waals surface area (Å²) in [6.07, 6.45) is 1.92. The van der Waals surface area contributed by atoms with Gasteiger partial charge in [-0.3, -0.25) is 15.0 Å². The van der Waals surface area contributed by atoms with Gasteiger partial charge in [0.1, 0.15) is 0 Å². The van der Waals surface area contributed by atoms with Crippen LogP contribution in [0.5, 0.6) is 0 Å². The average molecular weight is 313 g/mol. The fourth-order valence-corrected chi connectivity index (χ4v) is 3.58. The molecule has 0 spiro atoms. The molecule has 0 fully saturated rings. The summed E-state index contributed by atoms with van der Waals surface area (Å²) in [6.45, 7) is 9.68. The van der Waals surface area contributed by atoms with Crippen LogP contribution in [0.2, 0.25) is 0 Å². The third-order valence-electron chi connectivity index (χ3n) is 2.69. The molecular formula is C14H27N3O3Si. The molecule has 7 heteroatoms. The molecule has 6 nitrogen and oxygen atoms in total. The lowest BCUT2D eigenvalue weighted by atomic mass is 10.5. The minimum atomic E-state index is -3.21. The van der Waals surface area contributed by atoms with E-state index in [2.05, 4.69) is 21.6 Å². The first-order valence-corrected chi connectivity index (χ1v) is 8.92. The van der Waals surface area contributed by atoms with Crippen molar-refractivity contribution in [3.63, 3.8) is 0 Å². The Morgan fingerprint density at radius 3 is 1.24 bits per heavy atom. The Hall–Kier alpha value is -1.63. The van der Waals surface area contributed by atoms with E-state index in [-0.39, 0.29) is 0 Å². The zero-order valence-electron chi connectivity index (χ0n) is 14.0. The third kappa shape index (κ3) is 6.11. The van der Waals surface area contributed by atoms with Crippen LogP contribution in [0.3, 0.4) is 0 Å². The Balaban J connectivity index is 5.51. The maximum absolute atomic E-state index is 5.92. The van der Waals surface area contributed by atoms with Gasteiger partial charge in [0.15, 0.2) is 17.7 Å². The quantitative estimate of drug-likeness (QED) is 0.412. The predicted octanol–water partition coefficient (Wildman–Crippen LogP) is 3.02. The molecule has 0 aliphatic carbocycles. The van der Waals surface area contributed by atoms with Gasteiger partial charge >= 0.3 is 8.80 Å². The summed E-state index contributed by atoms with van der Waals surface area (Å²) >= 11 is 0. The standard InChI is InChI=1S/C14H27N3O3Si/c1-8-12(15-5)18-21(11-4,19-13(9-2)16-6)20-14(10-3)17-7/h11H,4,8-10H2,1-3,5-7H3. The Morgan fingerprint density at radius 1 is 0.810 bits per heavy atom. The number of hydrogen-bond acceptors (Lipinski definition) is 6. The van der Waals surface area contributed by atoms with Crippen LogP contribution in [-0.2, 0) is 13.3 Å². The van der Waals surface area contributed by atoms with Crippen molar-refractivity contribution < 1.29 is 13.3 Å². The Kier molecular flexibility index (Phi) is 9.36. The first-order chi connectivity index (χ1) is 10.0. The van der Waals surface area contributed by atoms with Gasteiger partial charge in [0.2, 0.25) is 0 Å². The van der Waals surface area contributed by atoms with E-state index < -0.39 is 8.80 Å². The van der Waals surface area contributed by atoms with E-state index in [9.17, 15) is 0 Å². The first kappa shape index (κ1) is 19.4. The number of aliphatic imine (C=N–C) groups is 3. The molecule has 0 aromatic carbocycles. The highest BCUT2D eigenvalue weighted by Gasteiger charge is 2.48. The van der Waals surface area contributed by atoms with Crippen molar-refractivity contribution in [2.45, 2.75) is 40.0 Å².